The first-order valence-electron chi connectivity index (χ1n) is 10.6. The van der Waals surface area contributed by atoms with Gasteiger partial charge >= 0.3 is 0 Å². The number of amides is 1. The van der Waals surface area contributed by atoms with E-state index in [2.05, 4.69) is 5.32 Å². The molecule has 0 aliphatic heterocycles. The molecule has 180 valence electrons. The van der Waals surface area contributed by atoms with E-state index in [9.17, 15) is 17.6 Å². The number of carbonyl (C=O) groups excluding carboxylic acids is 1. The van der Waals surface area contributed by atoms with E-state index < -0.39 is 40.9 Å². The number of benzene rings is 3. The lowest BCUT2D eigenvalue weighted by molar-refractivity contribution is -0.122. The maximum Gasteiger partial charge on any atom is 0.243 e. The minimum absolute atomic E-state index is 0.00358. The summed E-state index contributed by atoms with van der Waals surface area (Å²) in [5.74, 6) is -0.612. The van der Waals surface area contributed by atoms with Gasteiger partial charge in [-0.1, -0.05) is 53.6 Å². The van der Waals surface area contributed by atoms with Crippen molar-refractivity contribution in [1.29, 1.82) is 0 Å². The number of methoxy groups -OCH3 is 1. The van der Waals surface area contributed by atoms with Gasteiger partial charge in [0.2, 0.25) is 15.9 Å². The zero-order chi connectivity index (χ0) is 24.9. The fraction of sp³-hybridized carbons (Fsp3) is 0.240. The first-order chi connectivity index (χ1) is 16.1. The summed E-state index contributed by atoms with van der Waals surface area (Å²) in [4.78, 5) is 12.9. The molecule has 9 heteroatoms. The predicted molar refractivity (Wildman–Crippen MR) is 130 cm³/mol. The van der Waals surface area contributed by atoms with E-state index in [4.69, 9.17) is 16.3 Å². The zero-order valence-electron chi connectivity index (χ0n) is 19.1. The van der Waals surface area contributed by atoms with Crippen molar-refractivity contribution in [3.63, 3.8) is 0 Å². The number of hydrogen-bond donors (Lipinski definition) is 1. The number of halogens is 2. The predicted octanol–water partition coefficient (Wildman–Crippen LogP) is 4.86. The number of nitrogens with one attached hydrogen (secondary N) is 1. The molecule has 0 radical (unpaired) electrons. The highest BCUT2D eigenvalue weighted by Crippen LogP contribution is 2.26. The van der Waals surface area contributed by atoms with Crippen LogP contribution in [0.4, 0.5) is 4.39 Å². The SMILES string of the molecule is COc1ccccc1[C@@H](C)NC(=O)CN(Cc1c(F)cccc1Cl)S(=O)(=O)c1ccc(C)cc1. The molecule has 3 aromatic carbocycles. The molecular weight excluding hydrogens is 479 g/mol. The first-order valence-corrected chi connectivity index (χ1v) is 12.4. The van der Waals surface area contributed by atoms with Crippen LogP contribution in [0.25, 0.3) is 0 Å². The molecule has 0 heterocycles. The third-order valence-electron chi connectivity index (χ3n) is 5.36. The molecule has 1 amide bonds. The second-order valence-electron chi connectivity index (χ2n) is 7.82. The maximum atomic E-state index is 14.5. The van der Waals surface area contributed by atoms with Crippen molar-refractivity contribution < 1.29 is 22.3 Å². The van der Waals surface area contributed by atoms with Gasteiger partial charge in [-0.25, -0.2) is 12.8 Å². The molecule has 0 fully saturated rings. The number of hydrogen-bond acceptors (Lipinski definition) is 4. The second-order valence-corrected chi connectivity index (χ2v) is 10.2. The van der Waals surface area contributed by atoms with Crippen LogP contribution in [0.15, 0.2) is 71.6 Å². The van der Waals surface area contributed by atoms with Crippen molar-refractivity contribution in [3.05, 3.63) is 94.3 Å². The summed E-state index contributed by atoms with van der Waals surface area (Å²) in [5.41, 5.74) is 1.61. The average Bonchev–Trinajstić information content (AvgIpc) is 2.80. The number of para-hydroxylation sites is 1. The summed E-state index contributed by atoms with van der Waals surface area (Å²) < 4.78 is 47.6. The van der Waals surface area contributed by atoms with E-state index in [1.165, 1.54) is 37.4 Å². The molecule has 1 atom stereocenters. The highest BCUT2D eigenvalue weighted by molar-refractivity contribution is 7.89. The first kappa shape index (κ1) is 25.7. The molecule has 0 spiro atoms. The topological polar surface area (TPSA) is 75.7 Å². The van der Waals surface area contributed by atoms with E-state index in [0.717, 1.165) is 15.4 Å². The standard InChI is InChI=1S/C25H26ClFN2O4S/c1-17-11-13-19(14-12-17)34(31,32)29(15-21-22(26)8-6-9-23(21)27)16-25(30)28-18(2)20-7-4-5-10-24(20)33-3/h4-14,18H,15-16H2,1-3H3,(H,28,30)/t18-/m1/s1. The third kappa shape index (κ3) is 5.94. The Hall–Kier alpha value is -2.94. The summed E-state index contributed by atoms with van der Waals surface area (Å²) in [7, 11) is -2.61. The Labute approximate surface area is 204 Å². The summed E-state index contributed by atoms with van der Waals surface area (Å²) in [6.07, 6.45) is 0. The van der Waals surface area contributed by atoms with Crippen molar-refractivity contribution >= 4 is 27.5 Å². The Balaban J connectivity index is 1.90. The van der Waals surface area contributed by atoms with Gasteiger partial charge in [0.15, 0.2) is 0 Å². The van der Waals surface area contributed by atoms with Crippen LogP contribution < -0.4 is 10.1 Å². The Morgan fingerprint density at radius 1 is 1.09 bits per heavy atom. The van der Waals surface area contributed by atoms with Gasteiger partial charge in [-0.15, -0.1) is 0 Å². The molecule has 0 saturated carbocycles. The molecule has 0 saturated heterocycles. The summed E-state index contributed by atoms with van der Waals surface area (Å²) in [5, 5.41) is 2.87. The molecule has 6 nitrogen and oxygen atoms in total. The lowest BCUT2D eigenvalue weighted by atomic mass is 10.1. The fourth-order valence-electron chi connectivity index (χ4n) is 3.49. The van der Waals surface area contributed by atoms with Crippen LogP contribution in [-0.2, 0) is 21.4 Å². The Morgan fingerprint density at radius 3 is 2.41 bits per heavy atom. The molecule has 0 aromatic heterocycles. The van der Waals surface area contributed by atoms with Gasteiger partial charge in [0.25, 0.3) is 0 Å². The molecule has 3 rings (SSSR count). The van der Waals surface area contributed by atoms with Crippen LogP contribution in [0.5, 0.6) is 5.75 Å². The summed E-state index contributed by atoms with van der Waals surface area (Å²) in [6, 6.07) is 17.1. The molecule has 0 aliphatic rings. The molecule has 0 unspecified atom stereocenters. The zero-order valence-corrected chi connectivity index (χ0v) is 20.7. The molecule has 3 aromatic rings. The highest BCUT2D eigenvalue weighted by atomic mass is 35.5. The maximum absolute atomic E-state index is 14.5. The van der Waals surface area contributed by atoms with Crippen molar-refractivity contribution in [2.75, 3.05) is 13.7 Å². The monoisotopic (exact) mass is 504 g/mol. The van der Waals surface area contributed by atoms with Gasteiger partial charge < -0.3 is 10.1 Å². The summed E-state index contributed by atoms with van der Waals surface area (Å²) >= 11 is 6.15. The van der Waals surface area contributed by atoms with Crippen LogP contribution in [-0.4, -0.2) is 32.3 Å². The van der Waals surface area contributed by atoms with Gasteiger partial charge in [-0.3, -0.25) is 4.79 Å². The van der Waals surface area contributed by atoms with Gasteiger partial charge in [0, 0.05) is 22.7 Å². The largest absolute Gasteiger partial charge is 0.496 e. The fourth-order valence-corrected chi connectivity index (χ4v) is 5.08. The third-order valence-corrected chi connectivity index (χ3v) is 7.52. The van der Waals surface area contributed by atoms with E-state index in [0.29, 0.717) is 5.75 Å². The number of rotatable bonds is 9. The Kier molecular flexibility index (Phi) is 8.30. The number of sulfonamides is 1. The minimum Gasteiger partial charge on any atom is -0.496 e. The number of carbonyl (C=O) groups is 1. The van der Waals surface area contributed by atoms with Crippen LogP contribution in [0.1, 0.15) is 29.7 Å². The number of nitrogens with zero attached hydrogens (tertiary/aromatic N) is 1. The minimum atomic E-state index is -4.14. The van der Waals surface area contributed by atoms with Crippen LogP contribution in [0, 0.1) is 12.7 Å². The number of ether oxygens (including phenoxy) is 1. The van der Waals surface area contributed by atoms with Gasteiger partial charge in [-0.05, 0) is 44.2 Å². The lowest BCUT2D eigenvalue weighted by Crippen LogP contribution is -2.41. The normalized spacial score (nSPS) is 12.4. The lowest BCUT2D eigenvalue weighted by Gasteiger charge is -2.24. The number of aryl methyl sites for hydroxylation is 1. The quantitative estimate of drug-likeness (QED) is 0.451. The molecule has 1 N–H and O–H groups in total. The summed E-state index contributed by atoms with van der Waals surface area (Å²) in [6.45, 7) is 2.67. The van der Waals surface area contributed by atoms with Crippen LogP contribution in [0.3, 0.4) is 0 Å². The van der Waals surface area contributed by atoms with Gasteiger partial charge in [0.1, 0.15) is 11.6 Å². The van der Waals surface area contributed by atoms with E-state index >= 15 is 0 Å². The Bertz CT molecular complexity index is 1250. The molecular formula is C25H26ClFN2O4S. The van der Waals surface area contributed by atoms with Crippen LogP contribution in [0.2, 0.25) is 5.02 Å². The van der Waals surface area contributed by atoms with Crippen molar-refractivity contribution in [3.8, 4) is 5.75 Å². The highest BCUT2D eigenvalue weighted by Gasteiger charge is 2.29. The average molecular weight is 505 g/mol. The smallest absolute Gasteiger partial charge is 0.243 e. The van der Waals surface area contributed by atoms with Crippen molar-refractivity contribution in [1.82, 2.24) is 9.62 Å². The second kappa shape index (κ2) is 11.0. The molecule has 0 aliphatic carbocycles. The van der Waals surface area contributed by atoms with Crippen molar-refractivity contribution in [2.24, 2.45) is 0 Å². The van der Waals surface area contributed by atoms with Gasteiger partial charge in [0.05, 0.1) is 24.6 Å². The van der Waals surface area contributed by atoms with E-state index in [1.807, 2.05) is 25.1 Å². The van der Waals surface area contributed by atoms with Gasteiger partial charge in [-0.2, -0.15) is 4.31 Å². The van der Waals surface area contributed by atoms with E-state index in [1.54, 1.807) is 25.1 Å². The Morgan fingerprint density at radius 2 is 1.76 bits per heavy atom. The van der Waals surface area contributed by atoms with Crippen molar-refractivity contribution in [2.45, 2.75) is 31.3 Å². The van der Waals surface area contributed by atoms with E-state index in [-0.39, 0.29) is 15.5 Å². The molecule has 34 heavy (non-hydrogen) atoms. The van der Waals surface area contributed by atoms with Crippen LogP contribution >= 0.6 is 11.6 Å². The molecule has 0 bridgehead atoms.